The van der Waals surface area contributed by atoms with E-state index in [1.807, 2.05) is 0 Å². The van der Waals surface area contributed by atoms with Crippen LogP contribution in [-0.4, -0.2) is 48.6 Å². The van der Waals surface area contributed by atoms with Crippen LogP contribution in [0, 0.1) is 0 Å². The summed E-state index contributed by atoms with van der Waals surface area (Å²) in [4.78, 5) is 22.7. The van der Waals surface area contributed by atoms with Crippen molar-refractivity contribution in [2.24, 2.45) is 5.73 Å². The zero-order valence-corrected chi connectivity index (χ0v) is 9.09. The Morgan fingerprint density at radius 1 is 1.41 bits per heavy atom. The topological polar surface area (TPSA) is 75.4 Å². The van der Waals surface area contributed by atoms with Crippen molar-refractivity contribution in [1.29, 1.82) is 0 Å². The van der Waals surface area contributed by atoms with Crippen LogP contribution in [0.3, 0.4) is 0 Å². The van der Waals surface area contributed by atoms with E-state index in [4.69, 9.17) is 5.73 Å². The van der Waals surface area contributed by atoms with Gasteiger partial charge in [0.1, 0.15) is 0 Å². The Hall–Kier alpha value is -1.31. The molecule has 0 saturated carbocycles. The van der Waals surface area contributed by atoms with Gasteiger partial charge in [0, 0.05) is 19.1 Å². The molecule has 0 aromatic rings. The van der Waals surface area contributed by atoms with Crippen LogP contribution in [0.2, 0.25) is 0 Å². The Labute approximate surface area is 96.1 Å². The maximum atomic E-state index is 12.2. The molecule has 3 N–H and O–H groups in total. The van der Waals surface area contributed by atoms with Crippen LogP contribution >= 0.6 is 0 Å². The van der Waals surface area contributed by atoms with Gasteiger partial charge in [0.2, 0.25) is 5.91 Å². The van der Waals surface area contributed by atoms with Crippen molar-refractivity contribution < 1.29 is 22.8 Å². The van der Waals surface area contributed by atoms with Gasteiger partial charge in [-0.3, -0.25) is 9.59 Å². The lowest BCUT2D eigenvalue weighted by atomic mass is 10.2. The fourth-order valence-corrected chi connectivity index (χ4v) is 1.78. The molecule has 5 nitrogen and oxygen atoms in total. The molecule has 1 heterocycles. The van der Waals surface area contributed by atoms with Crippen LogP contribution in [0.25, 0.3) is 0 Å². The van der Waals surface area contributed by atoms with Crippen LogP contribution in [0.4, 0.5) is 13.2 Å². The second-order valence-electron chi connectivity index (χ2n) is 3.80. The molecule has 17 heavy (non-hydrogen) atoms. The van der Waals surface area contributed by atoms with Gasteiger partial charge in [-0.25, -0.2) is 0 Å². The SMILES string of the molecule is NCC(=O)NCC1CCCN1C(=O)C(F)(F)F. The third-order valence-corrected chi connectivity index (χ3v) is 2.60. The number of nitrogens with one attached hydrogen (secondary N) is 1. The molecule has 0 bridgehead atoms. The highest BCUT2D eigenvalue weighted by atomic mass is 19.4. The number of nitrogens with zero attached hydrogens (tertiary/aromatic N) is 1. The Morgan fingerprint density at radius 2 is 2.06 bits per heavy atom. The number of likely N-dealkylation sites (tertiary alicyclic amines) is 1. The number of carbonyl (C=O) groups is 2. The van der Waals surface area contributed by atoms with Crippen LogP contribution in [0.5, 0.6) is 0 Å². The molecule has 1 saturated heterocycles. The molecule has 0 spiro atoms. The number of alkyl halides is 3. The first-order valence-electron chi connectivity index (χ1n) is 5.21. The highest BCUT2D eigenvalue weighted by Gasteiger charge is 2.45. The monoisotopic (exact) mass is 253 g/mol. The van der Waals surface area contributed by atoms with Gasteiger partial charge in [0.15, 0.2) is 0 Å². The molecule has 1 atom stereocenters. The van der Waals surface area contributed by atoms with Gasteiger partial charge >= 0.3 is 12.1 Å². The van der Waals surface area contributed by atoms with Crippen molar-refractivity contribution in [2.75, 3.05) is 19.6 Å². The summed E-state index contributed by atoms with van der Waals surface area (Å²) < 4.78 is 36.7. The molecular weight excluding hydrogens is 239 g/mol. The van der Waals surface area contributed by atoms with E-state index < -0.39 is 24.0 Å². The predicted molar refractivity (Wildman–Crippen MR) is 52.9 cm³/mol. The lowest BCUT2D eigenvalue weighted by molar-refractivity contribution is -0.186. The molecule has 1 rings (SSSR count). The Kier molecular flexibility index (Phi) is 4.33. The predicted octanol–water partition coefficient (Wildman–Crippen LogP) is -0.385. The quantitative estimate of drug-likeness (QED) is 0.719. The number of halogens is 3. The summed E-state index contributed by atoms with van der Waals surface area (Å²) in [6.45, 7) is -0.140. The molecule has 1 aliphatic heterocycles. The van der Waals surface area contributed by atoms with Crippen LogP contribution in [-0.2, 0) is 9.59 Å². The Bertz CT molecular complexity index is 306. The first-order valence-corrected chi connectivity index (χ1v) is 5.21. The molecule has 1 fully saturated rings. The second-order valence-corrected chi connectivity index (χ2v) is 3.80. The van der Waals surface area contributed by atoms with E-state index in [1.165, 1.54) is 0 Å². The average Bonchev–Trinajstić information content (AvgIpc) is 2.71. The van der Waals surface area contributed by atoms with Crippen molar-refractivity contribution in [3.8, 4) is 0 Å². The Morgan fingerprint density at radius 3 is 2.59 bits per heavy atom. The van der Waals surface area contributed by atoms with Crippen molar-refractivity contribution in [2.45, 2.75) is 25.1 Å². The molecule has 1 unspecified atom stereocenters. The van der Waals surface area contributed by atoms with E-state index in [2.05, 4.69) is 5.32 Å². The van der Waals surface area contributed by atoms with Gasteiger partial charge < -0.3 is 16.0 Å². The summed E-state index contributed by atoms with van der Waals surface area (Å²) in [5, 5.41) is 2.39. The Balaban J connectivity index is 2.55. The standard InChI is InChI=1S/C9H14F3N3O2/c10-9(11,12)8(17)15-3-1-2-6(15)5-14-7(16)4-13/h6H,1-5,13H2,(H,14,16). The molecule has 0 aromatic carbocycles. The van der Waals surface area contributed by atoms with Crippen molar-refractivity contribution in [3.63, 3.8) is 0 Å². The fourth-order valence-electron chi connectivity index (χ4n) is 1.78. The van der Waals surface area contributed by atoms with E-state index >= 15 is 0 Å². The summed E-state index contributed by atoms with van der Waals surface area (Å²) in [5.41, 5.74) is 5.05. The number of rotatable bonds is 3. The second kappa shape index (κ2) is 5.35. The highest BCUT2D eigenvalue weighted by molar-refractivity contribution is 5.82. The minimum absolute atomic E-state index is 0.0118. The maximum Gasteiger partial charge on any atom is 0.471 e. The van der Waals surface area contributed by atoms with Crippen molar-refractivity contribution >= 4 is 11.8 Å². The number of hydrogen-bond acceptors (Lipinski definition) is 3. The number of carbonyl (C=O) groups excluding carboxylic acids is 2. The summed E-state index contributed by atoms with van der Waals surface area (Å²) in [6.07, 6.45) is -3.90. The zero-order chi connectivity index (χ0) is 13.1. The minimum Gasteiger partial charge on any atom is -0.353 e. The number of nitrogens with two attached hydrogens (primary N) is 1. The third-order valence-electron chi connectivity index (χ3n) is 2.60. The first-order chi connectivity index (χ1) is 7.86. The number of amides is 2. The smallest absolute Gasteiger partial charge is 0.353 e. The van der Waals surface area contributed by atoms with Gasteiger partial charge in [0.25, 0.3) is 0 Å². The van der Waals surface area contributed by atoms with E-state index in [0.29, 0.717) is 12.8 Å². The van der Waals surface area contributed by atoms with Crippen LogP contribution < -0.4 is 11.1 Å². The molecule has 1 aliphatic rings. The van der Waals surface area contributed by atoms with Gasteiger partial charge in [-0.05, 0) is 12.8 Å². The lowest BCUT2D eigenvalue weighted by Crippen LogP contribution is -2.48. The molecular formula is C9H14F3N3O2. The molecule has 8 heteroatoms. The normalized spacial score (nSPS) is 20.5. The van der Waals surface area contributed by atoms with Gasteiger partial charge in [-0.2, -0.15) is 13.2 Å². The molecule has 0 aromatic heterocycles. The molecule has 0 radical (unpaired) electrons. The highest BCUT2D eigenvalue weighted by Crippen LogP contribution is 2.25. The lowest BCUT2D eigenvalue weighted by Gasteiger charge is -2.25. The summed E-state index contributed by atoms with van der Waals surface area (Å²) >= 11 is 0. The summed E-state index contributed by atoms with van der Waals surface area (Å²) in [5.74, 6) is -2.29. The molecule has 98 valence electrons. The largest absolute Gasteiger partial charge is 0.471 e. The molecule has 0 aliphatic carbocycles. The summed E-state index contributed by atoms with van der Waals surface area (Å²) in [6, 6.07) is -0.598. The maximum absolute atomic E-state index is 12.2. The molecule has 2 amide bonds. The minimum atomic E-state index is -4.86. The summed E-state index contributed by atoms with van der Waals surface area (Å²) in [7, 11) is 0. The van der Waals surface area contributed by atoms with Crippen molar-refractivity contribution in [3.05, 3.63) is 0 Å². The van der Waals surface area contributed by atoms with E-state index in [-0.39, 0.29) is 19.6 Å². The zero-order valence-electron chi connectivity index (χ0n) is 9.09. The third kappa shape index (κ3) is 3.58. The van der Waals surface area contributed by atoms with E-state index in [1.54, 1.807) is 0 Å². The van der Waals surface area contributed by atoms with Gasteiger partial charge in [0.05, 0.1) is 6.54 Å². The van der Waals surface area contributed by atoms with E-state index in [9.17, 15) is 22.8 Å². The van der Waals surface area contributed by atoms with Crippen molar-refractivity contribution in [1.82, 2.24) is 10.2 Å². The fraction of sp³-hybridized carbons (Fsp3) is 0.778. The van der Waals surface area contributed by atoms with Gasteiger partial charge in [-0.15, -0.1) is 0 Å². The van der Waals surface area contributed by atoms with Crippen LogP contribution in [0.15, 0.2) is 0 Å². The van der Waals surface area contributed by atoms with Gasteiger partial charge in [-0.1, -0.05) is 0 Å². The van der Waals surface area contributed by atoms with Crippen LogP contribution in [0.1, 0.15) is 12.8 Å². The first kappa shape index (κ1) is 13.8. The average molecular weight is 253 g/mol. The van der Waals surface area contributed by atoms with E-state index in [0.717, 1.165) is 4.90 Å². The number of hydrogen-bond donors (Lipinski definition) is 2.